The van der Waals surface area contributed by atoms with E-state index in [1.54, 1.807) is 25.1 Å². The minimum atomic E-state index is -0.880. The Bertz CT molecular complexity index is 470. The molecule has 0 aromatic heterocycles. The van der Waals surface area contributed by atoms with Gasteiger partial charge in [0.15, 0.2) is 5.78 Å². The van der Waals surface area contributed by atoms with Gasteiger partial charge in [-0.2, -0.15) is 0 Å². The fourth-order valence-electron chi connectivity index (χ4n) is 1.79. The molecule has 0 N–H and O–H groups in total. The van der Waals surface area contributed by atoms with Gasteiger partial charge < -0.3 is 9.47 Å². The predicted molar refractivity (Wildman–Crippen MR) is 64.0 cm³/mol. The van der Waals surface area contributed by atoms with Crippen LogP contribution in [-0.4, -0.2) is 25.0 Å². The average molecular weight is 299 g/mol. The molecule has 0 fully saturated rings. The molecule has 1 unspecified atom stereocenters. The smallest absolute Gasteiger partial charge is 0.321 e. The molecule has 1 aromatic carbocycles. The van der Waals surface area contributed by atoms with Crippen molar-refractivity contribution >= 4 is 27.7 Å². The van der Waals surface area contributed by atoms with Crippen LogP contribution in [-0.2, 0) is 14.3 Å². The molecule has 0 saturated heterocycles. The highest BCUT2D eigenvalue weighted by Crippen LogP contribution is 2.37. The number of carbonyl (C=O) groups excluding carboxylic acids is 2. The van der Waals surface area contributed by atoms with Gasteiger partial charge in [0.05, 0.1) is 6.61 Å². The van der Waals surface area contributed by atoms with Crippen molar-refractivity contribution in [3.63, 3.8) is 0 Å². The van der Waals surface area contributed by atoms with Crippen molar-refractivity contribution in [1.29, 1.82) is 0 Å². The number of ether oxygens (including phenoxy) is 2. The SMILES string of the molecule is CCOC(=O)C1C(=O)COc2cccc(Br)c21. The van der Waals surface area contributed by atoms with Crippen LogP contribution in [0.1, 0.15) is 18.4 Å². The molecule has 17 heavy (non-hydrogen) atoms. The number of Topliss-reactive ketones (excluding diaryl/α,β-unsaturated/α-hetero) is 1. The van der Waals surface area contributed by atoms with E-state index in [4.69, 9.17) is 9.47 Å². The predicted octanol–water partition coefficient (Wildman–Crippen LogP) is 2.06. The molecule has 0 bridgehead atoms. The van der Waals surface area contributed by atoms with Crippen molar-refractivity contribution in [2.75, 3.05) is 13.2 Å². The van der Waals surface area contributed by atoms with Crippen molar-refractivity contribution in [3.8, 4) is 5.75 Å². The maximum Gasteiger partial charge on any atom is 0.321 e. The number of carbonyl (C=O) groups is 2. The van der Waals surface area contributed by atoms with Gasteiger partial charge in [0.25, 0.3) is 0 Å². The minimum absolute atomic E-state index is 0.0903. The van der Waals surface area contributed by atoms with Crippen LogP contribution >= 0.6 is 15.9 Å². The van der Waals surface area contributed by atoms with Gasteiger partial charge in [-0.3, -0.25) is 9.59 Å². The van der Waals surface area contributed by atoms with E-state index < -0.39 is 11.9 Å². The highest BCUT2D eigenvalue weighted by molar-refractivity contribution is 9.10. The fraction of sp³-hybridized carbons (Fsp3) is 0.333. The number of esters is 1. The maximum atomic E-state index is 11.8. The first-order chi connectivity index (χ1) is 8.15. The highest BCUT2D eigenvalue weighted by atomic mass is 79.9. The summed E-state index contributed by atoms with van der Waals surface area (Å²) in [6.45, 7) is 1.87. The second-order valence-corrected chi connectivity index (χ2v) is 4.45. The second kappa shape index (κ2) is 4.87. The molecule has 2 rings (SSSR count). The number of ketones is 1. The molecular formula is C12H11BrO4. The summed E-state index contributed by atoms with van der Waals surface area (Å²) in [5.41, 5.74) is 0.558. The Morgan fingerprint density at radius 2 is 2.35 bits per heavy atom. The standard InChI is InChI=1S/C12H11BrO4/c1-2-16-12(15)11-8(14)6-17-9-5-3-4-7(13)10(9)11/h3-5,11H,2,6H2,1H3. The molecule has 1 aliphatic heterocycles. The van der Waals surface area contributed by atoms with Gasteiger partial charge in [-0.15, -0.1) is 0 Å². The van der Waals surface area contributed by atoms with Gasteiger partial charge in [0.2, 0.25) is 0 Å². The first-order valence-electron chi connectivity index (χ1n) is 5.25. The third kappa shape index (κ3) is 2.20. The van der Waals surface area contributed by atoms with Gasteiger partial charge in [0.1, 0.15) is 18.3 Å². The lowest BCUT2D eigenvalue weighted by Crippen LogP contribution is -2.32. The Morgan fingerprint density at radius 3 is 3.06 bits per heavy atom. The molecule has 0 radical (unpaired) electrons. The van der Waals surface area contributed by atoms with E-state index >= 15 is 0 Å². The van der Waals surface area contributed by atoms with Crippen molar-refractivity contribution in [3.05, 3.63) is 28.2 Å². The molecule has 0 spiro atoms. The Balaban J connectivity index is 2.46. The van der Waals surface area contributed by atoms with E-state index in [1.807, 2.05) is 0 Å². The Labute approximate surface area is 107 Å². The van der Waals surface area contributed by atoms with Crippen LogP contribution in [0, 0.1) is 0 Å². The van der Waals surface area contributed by atoms with E-state index in [9.17, 15) is 9.59 Å². The second-order valence-electron chi connectivity index (χ2n) is 3.59. The molecule has 90 valence electrons. The number of hydrogen-bond donors (Lipinski definition) is 0. The summed E-state index contributed by atoms with van der Waals surface area (Å²) in [6, 6.07) is 5.30. The molecule has 1 heterocycles. The van der Waals surface area contributed by atoms with Crippen molar-refractivity contribution in [2.24, 2.45) is 0 Å². The zero-order valence-corrected chi connectivity index (χ0v) is 10.8. The zero-order valence-electron chi connectivity index (χ0n) is 9.23. The molecule has 0 saturated carbocycles. The Hall–Kier alpha value is -1.36. The van der Waals surface area contributed by atoms with Crippen LogP contribution in [0.4, 0.5) is 0 Å². The summed E-state index contributed by atoms with van der Waals surface area (Å²) in [7, 11) is 0. The van der Waals surface area contributed by atoms with E-state index in [0.717, 1.165) is 0 Å². The zero-order chi connectivity index (χ0) is 12.4. The Morgan fingerprint density at radius 1 is 1.59 bits per heavy atom. The number of benzene rings is 1. The number of halogens is 1. The molecule has 1 aromatic rings. The third-order valence-corrected chi connectivity index (χ3v) is 3.21. The van der Waals surface area contributed by atoms with E-state index in [1.165, 1.54) is 0 Å². The molecule has 0 aliphatic carbocycles. The first kappa shape index (κ1) is 12.1. The van der Waals surface area contributed by atoms with Gasteiger partial charge in [0, 0.05) is 10.0 Å². The van der Waals surface area contributed by atoms with Gasteiger partial charge in [-0.05, 0) is 19.1 Å². The maximum absolute atomic E-state index is 11.8. The van der Waals surface area contributed by atoms with Crippen LogP contribution in [0.3, 0.4) is 0 Å². The van der Waals surface area contributed by atoms with E-state index in [0.29, 0.717) is 15.8 Å². The minimum Gasteiger partial charge on any atom is -0.485 e. The molecule has 0 amide bonds. The van der Waals surface area contributed by atoms with Crippen molar-refractivity contribution < 1.29 is 19.1 Å². The summed E-state index contributed by atoms with van der Waals surface area (Å²) in [6.07, 6.45) is 0. The average Bonchev–Trinajstić information content (AvgIpc) is 2.30. The molecule has 1 aliphatic rings. The number of fused-ring (bicyclic) bond motifs is 1. The summed E-state index contributed by atoms with van der Waals surface area (Å²) in [4.78, 5) is 23.6. The first-order valence-corrected chi connectivity index (χ1v) is 6.05. The lowest BCUT2D eigenvalue weighted by Gasteiger charge is -2.24. The number of hydrogen-bond acceptors (Lipinski definition) is 4. The van der Waals surface area contributed by atoms with Crippen LogP contribution in [0.5, 0.6) is 5.75 Å². The summed E-state index contributed by atoms with van der Waals surface area (Å²) < 4.78 is 10.9. The lowest BCUT2D eigenvalue weighted by molar-refractivity contribution is -0.149. The quantitative estimate of drug-likeness (QED) is 0.619. The largest absolute Gasteiger partial charge is 0.485 e. The van der Waals surface area contributed by atoms with Gasteiger partial charge in [-0.25, -0.2) is 0 Å². The van der Waals surface area contributed by atoms with Crippen LogP contribution in [0.2, 0.25) is 0 Å². The summed E-state index contributed by atoms with van der Waals surface area (Å²) >= 11 is 3.33. The van der Waals surface area contributed by atoms with Gasteiger partial charge in [-0.1, -0.05) is 22.0 Å². The van der Waals surface area contributed by atoms with Crippen molar-refractivity contribution in [2.45, 2.75) is 12.8 Å². The summed E-state index contributed by atoms with van der Waals surface area (Å²) in [5.74, 6) is -1.12. The van der Waals surface area contributed by atoms with Crippen molar-refractivity contribution in [1.82, 2.24) is 0 Å². The molecular weight excluding hydrogens is 288 g/mol. The summed E-state index contributed by atoms with van der Waals surface area (Å²) in [5, 5.41) is 0. The normalized spacial score (nSPS) is 18.2. The fourth-order valence-corrected chi connectivity index (χ4v) is 2.37. The third-order valence-electron chi connectivity index (χ3n) is 2.52. The molecule has 4 nitrogen and oxygen atoms in total. The molecule has 5 heteroatoms. The van der Waals surface area contributed by atoms with E-state index in [2.05, 4.69) is 15.9 Å². The Kier molecular flexibility index (Phi) is 3.47. The van der Waals surface area contributed by atoms with E-state index in [-0.39, 0.29) is 19.0 Å². The van der Waals surface area contributed by atoms with Crippen LogP contribution in [0.25, 0.3) is 0 Å². The lowest BCUT2D eigenvalue weighted by atomic mass is 9.92. The van der Waals surface area contributed by atoms with Gasteiger partial charge >= 0.3 is 5.97 Å². The van der Waals surface area contributed by atoms with Crippen LogP contribution < -0.4 is 4.74 Å². The van der Waals surface area contributed by atoms with Crippen LogP contribution in [0.15, 0.2) is 22.7 Å². The molecule has 1 atom stereocenters. The monoisotopic (exact) mass is 298 g/mol. The highest BCUT2D eigenvalue weighted by Gasteiger charge is 2.37. The topological polar surface area (TPSA) is 52.6 Å². The number of rotatable bonds is 2.